The molecule has 9 heteroatoms. The molecule has 0 bridgehead atoms. The van der Waals surface area contributed by atoms with Gasteiger partial charge in [0.05, 0.1) is 17.0 Å². The van der Waals surface area contributed by atoms with E-state index in [0.717, 1.165) is 22.5 Å². The van der Waals surface area contributed by atoms with E-state index in [1.165, 1.54) is 11.0 Å². The smallest absolute Gasteiger partial charge is 0.341 e. The van der Waals surface area contributed by atoms with Crippen LogP contribution in [0.2, 0.25) is 0 Å². The fourth-order valence-corrected chi connectivity index (χ4v) is 3.88. The second-order valence-electron chi connectivity index (χ2n) is 7.08. The van der Waals surface area contributed by atoms with Crippen molar-refractivity contribution in [3.63, 3.8) is 0 Å². The molecule has 0 atom stereocenters. The van der Waals surface area contributed by atoms with Gasteiger partial charge in [0.25, 0.3) is 11.8 Å². The summed E-state index contributed by atoms with van der Waals surface area (Å²) in [6.07, 6.45) is 2.81. The van der Waals surface area contributed by atoms with Gasteiger partial charge in [-0.15, -0.1) is 11.3 Å². The van der Waals surface area contributed by atoms with Crippen LogP contribution in [0.4, 0.5) is 5.00 Å². The molecule has 1 aromatic carbocycles. The first-order chi connectivity index (χ1) is 15.1. The van der Waals surface area contributed by atoms with Crippen LogP contribution in [0.5, 0.6) is 0 Å². The Balaban J connectivity index is 2.08. The Morgan fingerprint density at radius 3 is 2.31 bits per heavy atom. The van der Waals surface area contributed by atoms with Gasteiger partial charge in [0.1, 0.15) is 5.00 Å². The summed E-state index contributed by atoms with van der Waals surface area (Å²) >= 11 is 0.970. The molecule has 32 heavy (non-hydrogen) atoms. The monoisotopic (exact) mass is 458 g/mol. The number of esters is 2. The van der Waals surface area contributed by atoms with Gasteiger partial charge in [0.2, 0.25) is 0 Å². The minimum Gasteiger partial charge on any atom is -0.462 e. The minimum atomic E-state index is -0.683. The summed E-state index contributed by atoms with van der Waals surface area (Å²) in [4.78, 5) is 50.7. The average Bonchev–Trinajstić information content (AvgIpc) is 3.06. The number of carbonyl (C=O) groups is 4. The maximum Gasteiger partial charge on any atom is 0.341 e. The van der Waals surface area contributed by atoms with Gasteiger partial charge in [-0.2, -0.15) is 0 Å². The Hall–Kier alpha value is -3.46. The van der Waals surface area contributed by atoms with E-state index in [4.69, 9.17) is 9.47 Å². The van der Waals surface area contributed by atoms with Gasteiger partial charge < -0.3 is 19.7 Å². The van der Waals surface area contributed by atoms with Crippen molar-refractivity contribution in [1.29, 1.82) is 0 Å². The quantitative estimate of drug-likeness (QED) is 0.480. The van der Waals surface area contributed by atoms with Crippen molar-refractivity contribution < 1.29 is 28.7 Å². The summed E-state index contributed by atoms with van der Waals surface area (Å²) in [5.41, 5.74) is 2.45. The number of rotatable bonds is 8. The molecule has 2 rings (SSSR count). The van der Waals surface area contributed by atoms with Crippen molar-refractivity contribution >= 4 is 46.2 Å². The first kappa shape index (κ1) is 24.8. The van der Waals surface area contributed by atoms with Crippen LogP contribution in [0, 0.1) is 13.8 Å². The first-order valence-corrected chi connectivity index (χ1v) is 10.7. The molecule has 2 aromatic rings. The number of ether oxygens (including phenoxy) is 2. The van der Waals surface area contributed by atoms with E-state index in [2.05, 4.69) is 5.32 Å². The van der Waals surface area contributed by atoms with E-state index >= 15 is 0 Å². The summed E-state index contributed by atoms with van der Waals surface area (Å²) in [6.45, 7) is 4.83. The maximum atomic E-state index is 12.4. The number of benzene rings is 1. The molecular formula is C23H26N2O6S. The van der Waals surface area contributed by atoms with Crippen LogP contribution < -0.4 is 5.32 Å². The third-order valence-corrected chi connectivity index (χ3v) is 5.51. The van der Waals surface area contributed by atoms with E-state index < -0.39 is 24.5 Å². The summed E-state index contributed by atoms with van der Waals surface area (Å²) < 4.78 is 10.0. The second kappa shape index (κ2) is 11.2. The Labute approximate surface area is 190 Å². The highest BCUT2D eigenvalue weighted by Crippen LogP contribution is 2.34. The zero-order valence-electron chi connectivity index (χ0n) is 18.7. The van der Waals surface area contributed by atoms with Crippen molar-refractivity contribution in [3.8, 4) is 0 Å². The molecule has 0 unspecified atom stereocenters. The maximum absolute atomic E-state index is 12.4. The van der Waals surface area contributed by atoms with Gasteiger partial charge >= 0.3 is 11.9 Å². The molecule has 0 radical (unpaired) electrons. The van der Waals surface area contributed by atoms with E-state index in [1.807, 2.05) is 31.2 Å². The first-order valence-electron chi connectivity index (χ1n) is 9.87. The fourth-order valence-electron chi connectivity index (χ4n) is 2.65. The predicted molar refractivity (Wildman–Crippen MR) is 123 cm³/mol. The summed E-state index contributed by atoms with van der Waals surface area (Å²) in [5, 5.41) is 2.72. The molecule has 8 nitrogen and oxygen atoms in total. The van der Waals surface area contributed by atoms with Gasteiger partial charge in [0.15, 0.2) is 6.61 Å². The predicted octanol–water partition coefficient (Wildman–Crippen LogP) is 3.44. The molecule has 0 spiro atoms. The van der Waals surface area contributed by atoms with E-state index in [1.54, 1.807) is 34.0 Å². The molecule has 0 aliphatic heterocycles. The zero-order valence-corrected chi connectivity index (χ0v) is 19.5. The van der Waals surface area contributed by atoms with E-state index in [-0.39, 0.29) is 23.1 Å². The number of carbonyl (C=O) groups excluding carboxylic acids is 4. The van der Waals surface area contributed by atoms with Crippen LogP contribution in [0.15, 0.2) is 30.3 Å². The molecule has 170 valence electrons. The average molecular weight is 459 g/mol. The van der Waals surface area contributed by atoms with Crippen LogP contribution in [-0.4, -0.2) is 56.0 Å². The number of nitrogens with one attached hydrogen (secondary N) is 1. The molecule has 0 saturated carbocycles. The van der Waals surface area contributed by atoms with Crippen molar-refractivity contribution in [3.05, 3.63) is 57.5 Å². The van der Waals surface area contributed by atoms with Crippen molar-refractivity contribution in [2.45, 2.75) is 20.8 Å². The molecule has 0 fully saturated rings. The molecule has 0 aliphatic carbocycles. The van der Waals surface area contributed by atoms with E-state index in [9.17, 15) is 19.2 Å². The molecule has 1 heterocycles. The number of nitrogens with zero attached hydrogens (tertiary/aromatic N) is 1. The lowest BCUT2D eigenvalue weighted by molar-refractivity contribution is -0.142. The van der Waals surface area contributed by atoms with Crippen LogP contribution in [-0.2, 0) is 19.1 Å². The normalized spacial score (nSPS) is 10.7. The van der Waals surface area contributed by atoms with Crippen LogP contribution in [0.25, 0.3) is 6.08 Å². The highest BCUT2D eigenvalue weighted by molar-refractivity contribution is 7.18. The number of amides is 2. The number of aryl methyl sites for hydroxylation is 1. The van der Waals surface area contributed by atoms with Gasteiger partial charge in [-0.05, 0) is 38.0 Å². The fraction of sp³-hybridized carbons (Fsp3) is 0.304. The topological polar surface area (TPSA) is 102 Å². The van der Waals surface area contributed by atoms with E-state index in [0.29, 0.717) is 10.4 Å². The third kappa shape index (κ3) is 6.52. The molecule has 0 aliphatic rings. The van der Waals surface area contributed by atoms with Crippen molar-refractivity contribution in [2.24, 2.45) is 0 Å². The Morgan fingerprint density at radius 2 is 1.72 bits per heavy atom. The Kier molecular flexibility index (Phi) is 8.71. The van der Waals surface area contributed by atoms with Crippen molar-refractivity contribution in [2.75, 3.05) is 32.6 Å². The lowest BCUT2D eigenvalue weighted by atomic mass is 10.1. The minimum absolute atomic E-state index is 0.112. The molecule has 2 amide bonds. The highest BCUT2D eigenvalue weighted by atomic mass is 32.1. The SMILES string of the molecule is CCOC(=O)c1c(NC(=O)COC(=O)C=Cc2ccc(C)cc2)sc(C(=O)N(C)C)c1C. The highest BCUT2D eigenvalue weighted by Gasteiger charge is 2.27. The van der Waals surface area contributed by atoms with Gasteiger partial charge in [-0.25, -0.2) is 9.59 Å². The lowest BCUT2D eigenvalue weighted by Gasteiger charge is -2.09. The number of hydrogen-bond acceptors (Lipinski definition) is 7. The second-order valence-corrected chi connectivity index (χ2v) is 8.10. The summed E-state index contributed by atoms with van der Waals surface area (Å²) in [6, 6.07) is 7.54. The molecule has 1 aromatic heterocycles. The standard InChI is InChI=1S/C23H26N2O6S/c1-6-30-23(29)19-15(3)20(22(28)25(4)5)32-21(19)24-17(26)13-31-18(27)12-11-16-9-7-14(2)8-10-16/h7-12H,6,13H2,1-5H3,(H,24,26). The molecule has 0 saturated heterocycles. The van der Waals surface area contributed by atoms with Crippen molar-refractivity contribution in [1.82, 2.24) is 4.90 Å². The summed E-state index contributed by atoms with van der Waals surface area (Å²) in [5.74, 6) is -2.27. The zero-order chi connectivity index (χ0) is 23.8. The Bertz CT molecular complexity index is 1040. The number of hydrogen-bond donors (Lipinski definition) is 1. The lowest BCUT2D eigenvalue weighted by Crippen LogP contribution is -2.21. The molecule has 1 N–H and O–H groups in total. The summed E-state index contributed by atoms with van der Waals surface area (Å²) in [7, 11) is 3.18. The third-order valence-electron chi connectivity index (χ3n) is 4.31. The van der Waals surface area contributed by atoms with Crippen LogP contribution in [0.1, 0.15) is 43.6 Å². The number of thiophene rings is 1. The van der Waals surface area contributed by atoms with Crippen LogP contribution >= 0.6 is 11.3 Å². The molecular weight excluding hydrogens is 432 g/mol. The van der Waals surface area contributed by atoms with Gasteiger partial charge in [-0.1, -0.05) is 29.8 Å². The number of anilines is 1. The largest absolute Gasteiger partial charge is 0.462 e. The van der Waals surface area contributed by atoms with Crippen LogP contribution in [0.3, 0.4) is 0 Å². The Morgan fingerprint density at radius 1 is 1.06 bits per heavy atom. The van der Waals surface area contributed by atoms with Gasteiger partial charge in [0, 0.05) is 20.2 Å². The van der Waals surface area contributed by atoms with Gasteiger partial charge in [-0.3, -0.25) is 9.59 Å².